The Morgan fingerprint density at radius 2 is 1.93 bits per heavy atom. The molecular weight excluding hydrogens is 381 g/mol. The van der Waals surface area contributed by atoms with Crippen molar-refractivity contribution in [3.05, 3.63) is 45.7 Å². The van der Waals surface area contributed by atoms with Gasteiger partial charge in [0, 0.05) is 30.5 Å². The smallest absolute Gasteiger partial charge is 0.379 e. The van der Waals surface area contributed by atoms with Crippen molar-refractivity contribution in [3.8, 4) is 0 Å². The van der Waals surface area contributed by atoms with Crippen molar-refractivity contribution in [2.75, 3.05) is 17.2 Å². The Bertz CT molecular complexity index is 872. The third-order valence-electron chi connectivity index (χ3n) is 3.71. The normalized spacial score (nSPS) is 11.9. The molecule has 0 aliphatic heterocycles. The average molecular weight is 400 g/mol. The van der Waals surface area contributed by atoms with Crippen LogP contribution in [-0.4, -0.2) is 22.5 Å². The zero-order valence-electron chi connectivity index (χ0n) is 15.4. The maximum Gasteiger partial charge on any atom is 0.416 e. The first-order chi connectivity index (χ1) is 12.9. The van der Waals surface area contributed by atoms with E-state index in [9.17, 15) is 28.1 Å². The number of benzene rings is 1. The maximum atomic E-state index is 12.7. The highest BCUT2D eigenvalue weighted by Crippen LogP contribution is 2.35. The third-order valence-corrected chi connectivity index (χ3v) is 3.71. The molecule has 0 fully saturated rings. The van der Waals surface area contributed by atoms with Crippen LogP contribution in [-0.2, 0) is 16.4 Å². The van der Waals surface area contributed by atoms with Crippen molar-refractivity contribution >= 4 is 23.1 Å². The number of nitrogens with zero attached hydrogens (tertiary/aromatic N) is 2. The highest BCUT2D eigenvalue weighted by Gasteiger charge is 2.33. The molecule has 1 aromatic carbocycles. The second-order valence-corrected chi connectivity index (χ2v) is 7.04. The van der Waals surface area contributed by atoms with E-state index in [1.54, 1.807) is 6.07 Å². The van der Waals surface area contributed by atoms with Crippen LogP contribution in [0.15, 0.2) is 28.8 Å². The minimum absolute atomic E-state index is 0.0258. The largest absolute Gasteiger partial charge is 0.416 e. The lowest BCUT2D eigenvalue weighted by molar-refractivity contribution is -0.384. The zero-order valence-corrected chi connectivity index (χ0v) is 15.4. The standard InChI is InChI=1S/C17H19F3N4O4/c1-16(2,3)13-9-14(23-28-13)22-15(25)6-7-21-11-5-4-10(17(18,19)20)8-12(11)24(26)27/h4-5,8-9,21H,6-7H2,1-3H3,(H,22,23,25). The van der Waals surface area contributed by atoms with Gasteiger partial charge < -0.3 is 15.2 Å². The third kappa shape index (κ3) is 5.44. The molecule has 1 heterocycles. The fourth-order valence-electron chi connectivity index (χ4n) is 2.21. The monoisotopic (exact) mass is 400 g/mol. The van der Waals surface area contributed by atoms with Gasteiger partial charge in [0.2, 0.25) is 5.91 Å². The first-order valence-electron chi connectivity index (χ1n) is 8.24. The van der Waals surface area contributed by atoms with Gasteiger partial charge in [0.15, 0.2) is 5.82 Å². The molecule has 0 saturated carbocycles. The Morgan fingerprint density at radius 1 is 1.25 bits per heavy atom. The van der Waals surface area contributed by atoms with Gasteiger partial charge in [-0.1, -0.05) is 25.9 Å². The summed E-state index contributed by atoms with van der Waals surface area (Å²) in [4.78, 5) is 22.1. The van der Waals surface area contributed by atoms with Crippen LogP contribution in [0.1, 0.15) is 38.5 Å². The number of aromatic nitrogens is 1. The van der Waals surface area contributed by atoms with E-state index in [0.717, 1.165) is 12.1 Å². The summed E-state index contributed by atoms with van der Waals surface area (Å²) < 4.78 is 43.2. The van der Waals surface area contributed by atoms with Crippen molar-refractivity contribution in [1.29, 1.82) is 0 Å². The second-order valence-electron chi connectivity index (χ2n) is 7.04. The van der Waals surface area contributed by atoms with Crippen LogP contribution in [0.4, 0.5) is 30.4 Å². The van der Waals surface area contributed by atoms with E-state index in [1.165, 1.54) is 0 Å². The number of nitrogens with one attached hydrogen (secondary N) is 2. The van der Waals surface area contributed by atoms with E-state index in [-0.39, 0.29) is 29.9 Å². The Morgan fingerprint density at radius 3 is 2.46 bits per heavy atom. The molecule has 8 nitrogen and oxygen atoms in total. The van der Waals surface area contributed by atoms with Crippen molar-refractivity contribution in [1.82, 2.24) is 5.16 Å². The predicted octanol–water partition coefficient (Wildman–Crippen LogP) is 4.34. The summed E-state index contributed by atoms with van der Waals surface area (Å²) in [5.41, 5.74) is -2.23. The van der Waals surface area contributed by atoms with Crippen LogP contribution in [0.25, 0.3) is 0 Å². The number of halogens is 3. The maximum absolute atomic E-state index is 12.7. The molecule has 1 aromatic heterocycles. The number of hydrogen-bond donors (Lipinski definition) is 2. The molecule has 0 atom stereocenters. The summed E-state index contributed by atoms with van der Waals surface area (Å²) in [6.07, 6.45) is -4.78. The van der Waals surface area contributed by atoms with Gasteiger partial charge in [-0.2, -0.15) is 13.2 Å². The van der Waals surface area contributed by atoms with Crippen molar-refractivity contribution < 1.29 is 27.4 Å². The second kappa shape index (κ2) is 7.87. The van der Waals surface area contributed by atoms with Crippen LogP contribution in [0, 0.1) is 10.1 Å². The molecule has 2 aromatic rings. The molecule has 28 heavy (non-hydrogen) atoms. The molecule has 0 bridgehead atoms. The first kappa shape index (κ1) is 21.2. The molecule has 0 radical (unpaired) electrons. The summed E-state index contributed by atoms with van der Waals surface area (Å²) in [6, 6.07) is 3.74. The molecule has 152 valence electrons. The molecule has 2 rings (SSSR count). The fourth-order valence-corrected chi connectivity index (χ4v) is 2.21. The lowest BCUT2D eigenvalue weighted by Gasteiger charge is -2.12. The van der Waals surface area contributed by atoms with Crippen molar-refractivity contribution in [3.63, 3.8) is 0 Å². The van der Waals surface area contributed by atoms with E-state index >= 15 is 0 Å². The number of nitro benzene ring substituents is 1. The number of carbonyl (C=O) groups is 1. The van der Waals surface area contributed by atoms with Gasteiger partial charge in [-0.25, -0.2) is 0 Å². The van der Waals surface area contributed by atoms with Gasteiger partial charge in [-0.15, -0.1) is 0 Å². The lowest BCUT2D eigenvalue weighted by atomic mass is 9.93. The molecule has 0 aliphatic carbocycles. The van der Waals surface area contributed by atoms with Crippen LogP contribution in [0.5, 0.6) is 0 Å². The average Bonchev–Trinajstić information content (AvgIpc) is 3.02. The minimum Gasteiger partial charge on any atom is -0.379 e. The van der Waals surface area contributed by atoms with E-state index in [0.29, 0.717) is 11.8 Å². The van der Waals surface area contributed by atoms with E-state index in [1.807, 2.05) is 20.8 Å². The summed E-state index contributed by atoms with van der Waals surface area (Å²) in [7, 11) is 0. The number of nitro groups is 1. The van der Waals surface area contributed by atoms with Crippen molar-refractivity contribution in [2.45, 2.75) is 38.8 Å². The Balaban J connectivity index is 1.96. The Labute approximate surface area is 158 Å². The van der Waals surface area contributed by atoms with Crippen LogP contribution in [0.2, 0.25) is 0 Å². The molecule has 2 N–H and O–H groups in total. The fraction of sp³-hybridized carbons (Fsp3) is 0.412. The highest BCUT2D eigenvalue weighted by atomic mass is 19.4. The SMILES string of the molecule is CC(C)(C)c1cc(NC(=O)CCNc2ccc(C(F)(F)F)cc2[N+](=O)[O-])no1. The quantitative estimate of drug-likeness (QED) is 0.551. The molecule has 0 saturated heterocycles. The van der Waals surface area contributed by atoms with Crippen LogP contribution in [0.3, 0.4) is 0 Å². The number of amides is 1. The number of carbonyl (C=O) groups excluding carboxylic acids is 1. The van der Waals surface area contributed by atoms with Crippen LogP contribution < -0.4 is 10.6 Å². The molecule has 0 aliphatic rings. The molecule has 1 amide bonds. The van der Waals surface area contributed by atoms with E-state index in [2.05, 4.69) is 15.8 Å². The Kier molecular flexibility index (Phi) is 5.95. The molecule has 0 unspecified atom stereocenters. The van der Waals surface area contributed by atoms with Gasteiger partial charge in [0.1, 0.15) is 11.4 Å². The summed E-state index contributed by atoms with van der Waals surface area (Å²) in [6.45, 7) is 5.72. The number of anilines is 2. The van der Waals surface area contributed by atoms with Gasteiger partial charge in [-0.3, -0.25) is 14.9 Å². The molecule has 0 spiro atoms. The van der Waals surface area contributed by atoms with E-state index in [4.69, 9.17) is 4.52 Å². The van der Waals surface area contributed by atoms with Crippen molar-refractivity contribution in [2.24, 2.45) is 0 Å². The first-order valence-corrected chi connectivity index (χ1v) is 8.24. The number of alkyl halides is 3. The van der Waals surface area contributed by atoms with Gasteiger partial charge in [-0.05, 0) is 12.1 Å². The minimum atomic E-state index is -4.69. The van der Waals surface area contributed by atoms with Gasteiger partial charge in [0.05, 0.1) is 10.5 Å². The molecule has 11 heteroatoms. The summed E-state index contributed by atoms with van der Waals surface area (Å²) >= 11 is 0. The van der Waals surface area contributed by atoms with E-state index < -0.39 is 28.3 Å². The lowest BCUT2D eigenvalue weighted by Crippen LogP contribution is -2.17. The highest BCUT2D eigenvalue weighted by molar-refractivity contribution is 5.90. The Hall–Kier alpha value is -3.11. The number of rotatable bonds is 6. The molecular formula is C17H19F3N4O4. The number of hydrogen-bond acceptors (Lipinski definition) is 6. The predicted molar refractivity (Wildman–Crippen MR) is 95.0 cm³/mol. The zero-order chi connectivity index (χ0) is 21.1. The van der Waals surface area contributed by atoms with Crippen LogP contribution >= 0.6 is 0 Å². The topological polar surface area (TPSA) is 110 Å². The van der Waals surface area contributed by atoms with Gasteiger partial charge in [0.25, 0.3) is 5.69 Å². The summed E-state index contributed by atoms with van der Waals surface area (Å²) in [5.74, 6) is 0.382. The van der Waals surface area contributed by atoms with Gasteiger partial charge >= 0.3 is 6.18 Å². The summed E-state index contributed by atoms with van der Waals surface area (Å²) in [5, 5.41) is 19.9.